The number of nitrogens with zero attached hydrogens (tertiary/aromatic N) is 1. The van der Waals surface area contributed by atoms with Crippen molar-refractivity contribution in [2.75, 3.05) is 7.11 Å². The molecule has 1 aromatic carbocycles. The predicted molar refractivity (Wildman–Crippen MR) is 117 cm³/mol. The third-order valence-electron chi connectivity index (χ3n) is 6.65. The van der Waals surface area contributed by atoms with Gasteiger partial charge in [-0.2, -0.15) is 0 Å². The number of hydrogen-bond acceptors (Lipinski definition) is 3. The predicted octanol–water partition coefficient (Wildman–Crippen LogP) is 5.91. The second kappa shape index (κ2) is 8.77. The van der Waals surface area contributed by atoms with Crippen LogP contribution in [-0.2, 0) is 10.2 Å². The average Bonchev–Trinajstić information content (AvgIpc) is 2.80. The molecule has 150 valence electrons. The maximum atomic E-state index is 11.9. The molecule has 2 atom stereocenters. The van der Waals surface area contributed by atoms with Gasteiger partial charge in [-0.3, -0.25) is 0 Å². The molecule has 2 aliphatic rings. The van der Waals surface area contributed by atoms with Crippen LogP contribution in [0, 0.1) is 11.8 Å². The molecule has 2 unspecified atom stereocenters. The summed E-state index contributed by atoms with van der Waals surface area (Å²) in [7, 11) is 1.67. The van der Waals surface area contributed by atoms with Crippen molar-refractivity contribution in [3.8, 4) is 17.0 Å². The molecule has 29 heavy (non-hydrogen) atoms. The van der Waals surface area contributed by atoms with Crippen LogP contribution in [-0.4, -0.2) is 18.4 Å². The Hall–Kier alpha value is -2.68. The molecule has 1 fully saturated rings. The molecule has 3 heteroatoms. The van der Waals surface area contributed by atoms with Crippen LogP contribution in [0.1, 0.15) is 44.1 Å². The second-order valence-corrected chi connectivity index (χ2v) is 8.23. The van der Waals surface area contributed by atoms with E-state index in [0.29, 0.717) is 18.2 Å². The fraction of sp³-hybridized carbons (Fsp3) is 0.385. The smallest absolute Gasteiger partial charge is 0.217 e. The van der Waals surface area contributed by atoms with Gasteiger partial charge in [0.05, 0.1) is 7.11 Å². The van der Waals surface area contributed by atoms with Gasteiger partial charge in [-0.25, -0.2) is 4.98 Å². The third-order valence-corrected chi connectivity index (χ3v) is 6.65. The van der Waals surface area contributed by atoms with Gasteiger partial charge in [0.15, 0.2) is 0 Å². The highest BCUT2D eigenvalue weighted by Crippen LogP contribution is 2.50. The molecule has 0 saturated heterocycles. The Morgan fingerprint density at radius 2 is 1.90 bits per heavy atom. The highest BCUT2D eigenvalue weighted by molar-refractivity contribution is 5.66. The summed E-state index contributed by atoms with van der Waals surface area (Å²) < 4.78 is 5.71. The van der Waals surface area contributed by atoms with E-state index in [0.717, 1.165) is 23.0 Å². The number of methoxy groups -OCH3 is 1. The van der Waals surface area contributed by atoms with Gasteiger partial charge in [0, 0.05) is 29.2 Å². The summed E-state index contributed by atoms with van der Waals surface area (Å²) in [5.74, 6) is 1.47. The first kappa shape index (κ1) is 19.6. The molecule has 0 radical (unpaired) electrons. The Morgan fingerprint density at radius 1 is 1.10 bits per heavy atom. The number of carbonyl (C=O) groups excluding carboxylic acids is 1. The second-order valence-electron chi connectivity index (χ2n) is 8.23. The molecule has 0 spiro atoms. The maximum absolute atomic E-state index is 11.9. The van der Waals surface area contributed by atoms with Gasteiger partial charge < -0.3 is 9.53 Å². The van der Waals surface area contributed by atoms with Gasteiger partial charge in [0.25, 0.3) is 0 Å². The molecule has 0 amide bonds. The number of aldehydes is 1. The summed E-state index contributed by atoms with van der Waals surface area (Å²) in [4.78, 5) is 16.6. The SMILES string of the molecule is COc1ncc(-c2ccccc2)cc1C1(CC=O)C=CC=CC1C1CCCCC1. The number of ether oxygens (including phenoxy) is 1. The first-order valence-electron chi connectivity index (χ1n) is 10.7. The Balaban J connectivity index is 1.86. The zero-order valence-electron chi connectivity index (χ0n) is 17.1. The Bertz CT molecular complexity index is 896. The first-order chi connectivity index (χ1) is 14.3. The monoisotopic (exact) mass is 387 g/mol. The normalized spacial score (nSPS) is 24.4. The number of rotatable bonds is 6. The van der Waals surface area contributed by atoms with Crippen molar-refractivity contribution in [2.45, 2.75) is 43.9 Å². The molecule has 0 bridgehead atoms. The number of benzene rings is 1. The summed E-state index contributed by atoms with van der Waals surface area (Å²) in [6.45, 7) is 0. The van der Waals surface area contributed by atoms with Gasteiger partial charge in [-0.15, -0.1) is 0 Å². The van der Waals surface area contributed by atoms with E-state index in [-0.39, 0.29) is 5.92 Å². The van der Waals surface area contributed by atoms with E-state index < -0.39 is 5.41 Å². The molecule has 4 rings (SSSR count). The van der Waals surface area contributed by atoms with Crippen LogP contribution in [0.3, 0.4) is 0 Å². The van der Waals surface area contributed by atoms with Crippen LogP contribution in [0.4, 0.5) is 0 Å². The van der Waals surface area contributed by atoms with Crippen molar-refractivity contribution < 1.29 is 9.53 Å². The van der Waals surface area contributed by atoms with Crippen LogP contribution in [0.2, 0.25) is 0 Å². The summed E-state index contributed by atoms with van der Waals surface area (Å²) in [6, 6.07) is 12.5. The molecular formula is C26H29NO2. The Morgan fingerprint density at radius 3 is 2.62 bits per heavy atom. The number of carbonyl (C=O) groups is 1. The lowest BCUT2D eigenvalue weighted by atomic mass is 9.60. The molecular weight excluding hydrogens is 358 g/mol. The highest BCUT2D eigenvalue weighted by atomic mass is 16.5. The first-order valence-corrected chi connectivity index (χ1v) is 10.7. The van der Waals surface area contributed by atoms with Crippen molar-refractivity contribution in [3.05, 3.63) is 72.5 Å². The molecule has 1 aromatic heterocycles. The van der Waals surface area contributed by atoms with E-state index in [1.165, 1.54) is 32.1 Å². The molecule has 1 saturated carbocycles. The quantitative estimate of drug-likeness (QED) is 0.579. The van der Waals surface area contributed by atoms with E-state index in [1.54, 1.807) is 7.11 Å². The summed E-state index contributed by atoms with van der Waals surface area (Å²) in [5, 5.41) is 0. The van der Waals surface area contributed by atoms with Gasteiger partial charge in [-0.1, -0.05) is 73.9 Å². The molecule has 3 nitrogen and oxygen atoms in total. The largest absolute Gasteiger partial charge is 0.481 e. The van der Waals surface area contributed by atoms with Gasteiger partial charge in [0.2, 0.25) is 5.88 Å². The van der Waals surface area contributed by atoms with Crippen molar-refractivity contribution in [2.24, 2.45) is 11.8 Å². The highest BCUT2D eigenvalue weighted by Gasteiger charge is 2.44. The van der Waals surface area contributed by atoms with Crippen LogP contribution < -0.4 is 4.74 Å². The van der Waals surface area contributed by atoms with E-state index in [9.17, 15) is 4.79 Å². The lowest BCUT2D eigenvalue weighted by Crippen LogP contribution is -2.39. The molecule has 1 heterocycles. The van der Waals surface area contributed by atoms with Crippen molar-refractivity contribution >= 4 is 6.29 Å². The van der Waals surface area contributed by atoms with Crippen LogP contribution in [0.25, 0.3) is 11.1 Å². The fourth-order valence-corrected chi connectivity index (χ4v) is 5.22. The van der Waals surface area contributed by atoms with Gasteiger partial charge >= 0.3 is 0 Å². The van der Waals surface area contributed by atoms with Crippen LogP contribution >= 0.6 is 0 Å². The molecule has 2 aliphatic carbocycles. The summed E-state index contributed by atoms with van der Waals surface area (Å²) in [6.07, 6.45) is 18.4. The van der Waals surface area contributed by atoms with E-state index >= 15 is 0 Å². The number of aromatic nitrogens is 1. The summed E-state index contributed by atoms with van der Waals surface area (Å²) in [5.41, 5.74) is 2.78. The maximum Gasteiger partial charge on any atom is 0.217 e. The van der Waals surface area contributed by atoms with Crippen molar-refractivity contribution in [1.82, 2.24) is 4.98 Å². The zero-order chi connectivity index (χ0) is 20.1. The van der Waals surface area contributed by atoms with E-state index in [2.05, 4.69) is 47.5 Å². The molecule has 0 aliphatic heterocycles. The van der Waals surface area contributed by atoms with E-state index in [1.807, 2.05) is 24.4 Å². The number of hydrogen-bond donors (Lipinski definition) is 0. The topological polar surface area (TPSA) is 39.2 Å². The average molecular weight is 388 g/mol. The lowest BCUT2D eigenvalue weighted by Gasteiger charge is -2.44. The van der Waals surface area contributed by atoms with Crippen LogP contribution in [0.15, 0.2) is 66.9 Å². The minimum absolute atomic E-state index is 0.278. The minimum Gasteiger partial charge on any atom is -0.481 e. The number of pyridine rings is 1. The fourth-order valence-electron chi connectivity index (χ4n) is 5.22. The van der Waals surface area contributed by atoms with E-state index in [4.69, 9.17) is 4.74 Å². The standard InChI is InChI=1S/C26H29NO2/c1-29-25-24(18-22(19-27-25)20-10-4-2-5-11-20)26(16-17-28)15-9-8-14-23(26)21-12-6-3-7-13-21/h2,4-5,8-11,14-15,17-19,21,23H,3,6-7,12-13,16H2,1H3. The van der Waals surface area contributed by atoms with Crippen molar-refractivity contribution in [1.29, 1.82) is 0 Å². The Kier molecular flexibility index (Phi) is 5.94. The third kappa shape index (κ3) is 3.78. The van der Waals surface area contributed by atoms with Gasteiger partial charge in [-0.05, 0) is 36.3 Å². The Labute approximate surface area is 173 Å². The minimum atomic E-state index is -0.415. The number of allylic oxidation sites excluding steroid dienone is 4. The molecule has 0 N–H and O–H groups in total. The summed E-state index contributed by atoms with van der Waals surface area (Å²) >= 11 is 0. The zero-order valence-corrected chi connectivity index (χ0v) is 17.1. The van der Waals surface area contributed by atoms with Crippen LogP contribution in [0.5, 0.6) is 5.88 Å². The molecule has 2 aromatic rings. The van der Waals surface area contributed by atoms with Gasteiger partial charge in [0.1, 0.15) is 6.29 Å². The lowest BCUT2D eigenvalue weighted by molar-refractivity contribution is -0.109. The van der Waals surface area contributed by atoms with Crippen molar-refractivity contribution in [3.63, 3.8) is 0 Å².